The summed E-state index contributed by atoms with van der Waals surface area (Å²) in [5.74, 6) is -0.233. The number of hydrogen-bond donors (Lipinski definition) is 0. The van der Waals surface area contributed by atoms with Crippen molar-refractivity contribution in [2.75, 3.05) is 14.1 Å². The van der Waals surface area contributed by atoms with E-state index in [2.05, 4.69) is 0 Å². The normalized spacial score (nSPS) is 10.6. The minimum Gasteiger partial charge on any atom is -0.305 e. The van der Waals surface area contributed by atoms with E-state index in [9.17, 15) is 4.39 Å². The minimum absolute atomic E-state index is 0. The van der Waals surface area contributed by atoms with E-state index in [1.165, 1.54) is 17.8 Å². The molecule has 114 valence electrons. The largest absolute Gasteiger partial charge is 0.305 e. The molecule has 0 heterocycles. The van der Waals surface area contributed by atoms with Gasteiger partial charge in [0.1, 0.15) is 5.82 Å². The smallest absolute Gasteiger partial charge is 0.123 e. The average molecular weight is 367 g/mol. The lowest BCUT2D eigenvalue weighted by Crippen LogP contribution is -2.11. The summed E-state index contributed by atoms with van der Waals surface area (Å²) < 4.78 is 13.4. The van der Waals surface area contributed by atoms with Gasteiger partial charge in [0, 0.05) is 21.4 Å². The van der Waals surface area contributed by atoms with Gasteiger partial charge in [0.2, 0.25) is 0 Å². The molecule has 0 aliphatic heterocycles. The Morgan fingerprint density at radius 1 is 1.05 bits per heavy atom. The molecule has 0 spiro atoms. The van der Waals surface area contributed by atoms with Gasteiger partial charge in [0.05, 0.1) is 5.02 Å². The third-order valence-corrected chi connectivity index (χ3v) is 4.47. The van der Waals surface area contributed by atoms with Crippen LogP contribution in [0.1, 0.15) is 5.56 Å². The van der Waals surface area contributed by atoms with E-state index >= 15 is 0 Å². The molecule has 6 heteroatoms. The SMILES string of the molecule is CN(C)Cc1cc(F)ccc1Sc1cc(Cl)ccc1Cl.Cl. The van der Waals surface area contributed by atoms with Crippen molar-refractivity contribution >= 4 is 47.4 Å². The Labute approximate surface area is 144 Å². The van der Waals surface area contributed by atoms with E-state index in [4.69, 9.17) is 23.2 Å². The second-order valence-electron chi connectivity index (χ2n) is 4.67. The predicted molar refractivity (Wildman–Crippen MR) is 91.6 cm³/mol. The lowest BCUT2D eigenvalue weighted by Gasteiger charge is -2.14. The zero-order valence-corrected chi connectivity index (χ0v) is 14.7. The van der Waals surface area contributed by atoms with Crippen LogP contribution in [0.2, 0.25) is 10.0 Å². The van der Waals surface area contributed by atoms with Gasteiger partial charge in [0.15, 0.2) is 0 Å². The van der Waals surface area contributed by atoms with E-state index < -0.39 is 0 Å². The van der Waals surface area contributed by atoms with Crippen molar-refractivity contribution in [1.82, 2.24) is 4.90 Å². The Hall–Kier alpha value is -0.450. The number of benzene rings is 2. The maximum absolute atomic E-state index is 13.4. The van der Waals surface area contributed by atoms with E-state index in [1.807, 2.05) is 25.1 Å². The van der Waals surface area contributed by atoms with Crippen LogP contribution in [0.15, 0.2) is 46.2 Å². The molecule has 0 aliphatic carbocycles. The van der Waals surface area contributed by atoms with Crippen molar-refractivity contribution in [1.29, 1.82) is 0 Å². The Balaban J connectivity index is 0.00000220. The molecule has 0 radical (unpaired) electrons. The summed E-state index contributed by atoms with van der Waals surface area (Å²) in [4.78, 5) is 3.84. The Kier molecular flexibility index (Phi) is 7.31. The van der Waals surface area contributed by atoms with Crippen LogP contribution in [0.5, 0.6) is 0 Å². The van der Waals surface area contributed by atoms with Crippen LogP contribution in [0, 0.1) is 5.82 Å². The van der Waals surface area contributed by atoms with Crippen molar-refractivity contribution in [3.05, 3.63) is 57.8 Å². The Morgan fingerprint density at radius 2 is 1.76 bits per heavy atom. The van der Waals surface area contributed by atoms with Gasteiger partial charge in [-0.1, -0.05) is 35.0 Å². The number of nitrogens with zero attached hydrogens (tertiary/aromatic N) is 1. The second-order valence-corrected chi connectivity index (χ2v) is 6.59. The highest BCUT2D eigenvalue weighted by atomic mass is 35.5. The molecule has 1 nitrogen and oxygen atoms in total. The quantitative estimate of drug-likeness (QED) is 0.676. The monoisotopic (exact) mass is 365 g/mol. The molecule has 2 aromatic carbocycles. The van der Waals surface area contributed by atoms with Crippen molar-refractivity contribution in [2.24, 2.45) is 0 Å². The van der Waals surface area contributed by atoms with E-state index in [0.717, 1.165) is 15.4 Å². The summed E-state index contributed by atoms with van der Waals surface area (Å²) in [5, 5.41) is 1.27. The zero-order valence-electron chi connectivity index (χ0n) is 11.6. The Morgan fingerprint density at radius 3 is 2.43 bits per heavy atom. The fourth-order valence-electron chi connectivity index (χ4n) is 1.79. The number of hydrogen-bond acceptors (Lipinski definition) is 2. The summed E-state index contributed by atoms with van der Waals surface area (Å²) in [6.07, 6.45) is 0. The van der Waals surface area contributed by atoms with Crippen LogP contribution in [-0.4, -0.2) is 19.0 Å². The molecule has 0 N–H and O–H groups in total. The predicted octanol–water partition coefficient (Wildman–Crippen LogP) is 5.77. The van der Waals surface area contributed by atoms with E-state index in [0.29, 0.717) is 16.6 Å². The lowest BCUT2D eigenvalue weighted by molar-refractivity contribution is 0.398. The minimum atomic E-state index is -0.233. The van der Waals surface area contributed by atoms with E-state index in [1.54, 1.807) is 24.3 Å². The highest BCUT2D eigenvalue weighted by Crippen LogP contribution is 2.37. The van der Waals surface area contributed by atoms with Crippen molar-refractivity contribution < 1.29 is 4.39 Å². The van der Waals surface area contributed by atoms with Gasteiger partial charge in [0.25, 0.3) is 0 Å². The molecule has 0 amide bonds. The molecular weight excluding hydrogens is 352 g/mol. The summed E-state index contributed by atoms with van der Waals surface area (Å²) in [6.45, 7) is 0.665. The van der Waals surface area contributed by atoms with Gasteiger partial charge in [-0.05, 0) is 56.1 Å². The first-order valence-corrected chi connectivity index (χ1v) is 7.59. The van der Waals surface area contributed by atoms with Gasteiger partial charge in [-0.2, -0.15) is 0 Å². The third-order valence-electron chi connectivity index (χ3n) is 2.62. The fourth-order valence-corrected chi connectivity index (χ4v) is 3.23. The summed E-state index contributed by atoms with van der Waals surface area (Å²) in [7, 11) is 3.90. The molecule has 0 saturated carbocycles. The van der Waals surface area contributed by atoms with Gasteiger partial charge in [-0.25, -0.2) is 4.39 Å². The van der Waals surface area contributed by atoms with Crippen molar-refractivity contribution in [3.8, 4) is 0 Å². The van der Waals surface area contributed by atoms with Crippen LogP contribution in [0.4, 0.5) is 4.39 Å². The van der Waals surface area contributed by atoms with Gasteiger partial charge < -0.3 is 4.90 Å². The molecule has 2 rings (SSSR count). The molecule has 0 fully saturated rings. The van der Waals surface area contributed by atoms with Crippen molar-refractivity contribution in [2.45, 2.75) is 16.3 Å². The number of rotatable bonds is 4. The standard InChI is InChI=1S/C15H14Cl2FNS.ClH/c1-19(2)9-10-7-12(18)4-6-14(10)20-15-8-11(16)3-5-13(15)17;/h3-8H,9H2,1-2H3;1H. The zero-order chi connectivity index (χ0) is 14.7. The fraction of sp³-hybridized carbons (Fsp3) is 0.200. The van der Waals surface area contributed by atoms with Crippen LogP contribution in [0.3, 0.4) is 0 Å². The highest BCUT2D eigenvalue weighted by Gasteiger charge is 2.10. The molecular formula is C15H15Cl3FNS. The summed E-state index contributed by atoms with van der Waals surface area (Å²) in [5.41, 5.74) is 0.927. The first-order valence-electron chi connectivity index (χ1n) is 6.02. The topological polar surface area (TPSA) is 3.24 Å². The van der Waals surface area contributed by atoms with Crippen LogP contribution >= 0.6 is 47.4 Å². The molecule has 2 aromatic rings. The molecule has 0 bridgehead atoms. The third kappa shape index (κ3) is 5.35. The van der Waals surface area contributed by atoms with Gasteiger partial charge >= 0.3 is 0 Å². The maximum Gasteiger partial charge on any atom is 0.123 e. The highest BCUT2D eigenvalue weighted by molar-refractivity contribution is 7.99. The average Bonchev–Trinajstić information content (AvgIpc) is 2.36. The molecule has 0 unspecified atom stereocenters. The molecule has 0 aromatic heterocycles. The van der Waals surface area contributed by atoms with Crippen LogP contribution < -0.4 is 0 Å². The van der Waals surface area contributed by atoms with Gasteiger partial charge in [-0.15, -0.1) is 12.4 Å². The lowest BCUT2D eigenvalue weighted by atomic mass is 10.2. The molecule has 0 saturated heterocycles. The molecule has 0 atom stereocenters. The van der Waals surface area contributed by atoms with E-state index in [-0.39, 0.29) is 18.2 Å². The number of halogens is 4. The second kappa shape index (κ2) is 8.25. The summed E-state index contributed by atoms with van der Waals surface area (Å²) in [6, 6.07) is 10.1. The summed E-state index contributed by atoms with van der Waals surface area (Å²) >= 11 is 13.7. The maximum atomic E-state index is 13.4. The molecule has 0 aliphatic rings. The van der Waals surface area contributed by atoms with Crippen LogP contribution in [0.25, 0.3) is 0 Å². The van der Waals surface area contributed by atoms with Crippen molar-refractivity contribution in [3.63, 3.8) is 0 Å². The first-order chi connectivity index (χ1) is 9.45. The van der Waals surface area contributed by atoms with Crippen LogP contribution in [-0.2, 0) is 6.54 Å². The Bertz CT molecular complexity index is 620. The molecule has 21 heavy (non-hydrogen) atoms. The first kappa shape index (κ1) is 18.6. The van der Waals surface area contributed by atoms with Gasteiger partial charge in [-0.3, -0.25) is 0 Å².